The summed E-state index contributed by atoms with van der Waals surface area (Å²) in [7, 11) is -3.47. The summed E-state index contributed by atoms with van der Waals surface area (Å²) in [5.74, 6) is 0. The predicted molar refractivity (Wildman–Crippen MR) is 69.6 cm³/mol. The molecule has 2 rings (SSSR count). The highest BCUT2D eigenvalue weighted by Gasteiger charge is 2.32. The topological polar surface area (TPSA) is 72.6 Å². The van der Waals surface area contributed by atoms with Gasteiger partial charge in [-0.25, -0.2) is 8.42 Å². The minimum Gasteiger partial charge on any atom is -0.399 e. The van der Waals surface area contributed by atoms with Crippen molar-refractivity contribution in [2.24, 2.45) is 0 Å². The first-order valence-electron chi connectivity index (χ1n) is 6.01. The van der Waals surface area contributed by atoms with Gasteiger partial charge in [0.1, 0.15) is 0 Å². The summed E-state index contributed by atoms with van der Waals surface area (Å²) >= 11 is 0. The van der Waals surface area contributed by atoms with Crippen LogP contribution in [0.2, 0.25) is 0 Å². The zero-order chi connectivity index (χ0) is 13.2. The third-order valence-electron chi connectivity index (χ3n) is 3.11. The fraction of sp³-hybridized carbons (Fsp3) is 0.500. The second-order valence-corrected chi connectivity index (χ2v) is 6.22. The first-order valence-corrected chi connectivity index (χ1v) is 7.45. The van der Waals surface area contributed by atoms with Gasteiger partial charge in [0.2, 0.25) is 10.0 Å². The SMILES string of the molecule is CCC1COCCN1S(=O)(=O)c1cccc(N)c1. The molecule has 0 bridgehead atoms. The number of ether oxygens (including phenoxy) is 1. The lowest BCUT2D eigenvalue weighted by atomic mass is 10.2. The summed E-state index contributed by atoms with van der Waals surface area (Å²) in [4.78, 5) is 0.253. The molecule has 0 aromatic heterocycles. The number of morpholine rings is 1. The number of nitrogens with zero attached hydrogens (tertiary/aromatic N) is 1. The Morgan fingerprint density at radius 3 is 2.94 bits per heavy atom. The van der Waals surface area contributed by atoms with Crippen LogP contribution in [0.1, 0.15) is 13.3 Å². The van der Waals surface area contributed by atoms with Gasteiger partial charge in [0.15, 0.2) is 0 Å². The van der Waals surface area contributed by atoms with E-state index in [4.69, 9.17) is 10.5 Å². The molecule has 2 N–H and O–H groups in total. The summed E-state index contributed by atoms with van der Waals surface area (Å²) < 4.78 is 31.9. The maximum absolute atomic E-state index is 12.5. The smallest absolute Gasteiger partial charge is 0.243 e. The van der Waals surface area contributed by atoms with Crippen LogP contribution < -0.4 is 5.73 Å². The lowest BCUT2D eigenvalue weighted by Crippen LogP contribution is -2.48. The number of benzene rings is 1. The van der Waals surface area contributed by atoms with Crippen molar-refractivity contribution in [3.8, 4) is 0 Å². The van der Waals surface area contributed by atoms with Crippen molar-refractivity contribution < 1.29 is 13.2 Å². The van der Waals surface area contributed by atoms with E-state index in [2.05, 4.69) is 0 Å². The van der Waals surface area contributed by atoms with Gasteiger partial charge >= 0.3 is 0 Å². The molecule has 1 heterocycles. The van der Waals surface area contributed by atoms with Crippen molar-refractivity contribution in [3.63, 3.8) is 0 Å². The third kappa shape index (κ3) is 2.50. The number of nitrogens with two attached hydrogens (primary N) is 1. The second kappa shape index (κ2) is 5.26. The van der Waals surface area contributed by atoms with E-state index in [0.717, 1.165) is 6.42 Å². The maximum Gasteiger partial charge on any atom is 0.243 e. The molecule has 0 aliphatic carbocycles. The van der Waals surface area contributed by atoms with Gasteiger partial charge in [-0.05, 0) is 24.6 Å². The molecule has 1 atom stereocenters. The molecule has 1 aliphatic rings. The highest BCUT2D eigenvalue weighted by Crippen LogP contribution is 2.23. The monoisotopic (exact) mass is 270 g/mol. The molecule has 0 saturated carbocycles. The van der Waals surface area contributed by atoms with E-state index in [9.17, 15) is 8.42 Å². The molecule has 18 heavy (non-hydrogen) atoms. The standard InChI is InChI=1S/C12H18N2O3S/c1-2-11-9-17-7-6-14(11)18(15,16)12-5-3-4-10(13)8-12/h3-5,8,11H,2,6-7,9,13H2,1H3. The zero-order valence-corrected chi connectivity index (χ0v) is 11.2. The van der Waals surface area contributed by atoms with Gasteiger partial charge in [-0.1, -0.05) is 13.0 Å². The predicted octanol–water partition coefficient (Wildman–Crippen LogP) is 1.07. The average molecular weight is 270 g/mol. The second-order valence-electron chi connectivity index (χ2n) is 4.33. The largest absolute Gasteiger partial charge is 0.399 e. The quantitative estimate of drug-likeness (QED) is 0.834. The lowest BCUT2D eigenvalue weighted by molar-refractivity contribution is 0.0314. The molecule has 1 saturated heterocycles. The van der Waals surface area contributed by atoms with E-state index in [-0.39, 0.29) is 10.9 Å². The van der Waals surface area contributed by atoms with Gasteiger partial charge < -0.3 is 10.5 Å². The normalized spacial score (nSPS) is 21.9. The molecule has 1 aromatic rings. The fourth-order valence-corrected chi connectivity index (χ4v) is 3.81. The summed E-state index contributed by atoms with van der Waals surface area (Å²) in [6.07, 6.45) is 0.738. The van der Waals surface area contributed by atoms with Gasteiger partial charge in [0.05, 0.1) is 18.1 Å². The molecular weight excluding hydrogens is 252 g/mol. The summed E-state index contributed by atoms with van der Waals surface area (Å²) in [6.45, 7) is 3.26. The summed E-state index contributed by atoms with van der Waals surface area (Å²) in [6, 6.07) is 6.31. The van der Waals surface area contributed by atoms with Crippen LogP contribution in [0.4, 0.5) is 5.69 Å². The van der Waals surface area contributed by atoms with E-state index in [1.165, 1.54) is 10.4 Å². The third-order valence-corrected chi connectivity index (χ3v) is 5.06. The lowest BCUT2D eigenvalue weighted by Gasteiger charge is -2.33. The molecule has 1 fully saturated rings. The molecule has 0 amide bonds. The highest BCUT2D eigenvalue weighted by molar-refractivity contribution is 7.89. The van der Waals surface area contributed by atoms with Gasteiger partial charge in [0, 0.05) is 18.3 Å². The molecule has 1 aromatic carbocycles. The zero-order valence-electron chi connectivity index (χ0n) is 10.4. The van der Waals surface area contributed by atoms with Crippen molar-refractivity contribution in [1.29, 1.82) is 0 Å². The molecule has 0 radical (unpaired) electrons. The average Bonchev–Trinajstić information content (AvgIpc) is 2.38. The molecule has 1 aliphatic heterocycles. The Balaban J connectivity index is 2.35. The van der Waals surface area contributed by atoms with Crippen molar-refractivity contribution in [1.82, 2.24) is 4.31 Å². The Labute approximate surface area is 108 Å². The summed E-state index contributed by atoms with van der Waals surface area (Å²) in [5, 5.41) is 0. The van der Waals surface area contributed by atoms with Gasteiger partial charge in [0.25, 0.3) is 0 Å². The van der Waals surface area contributed by atoms with Crippen LogP contribution in [-0.4, -0.2) is 38.5 Å². The maximum atomic E-state index is 12.5. The van der Waals surface area contributed by atoms with Crippen LogP contribution in [0, 0.1) is 0 Å². The number of hydrogen-bond donors (Lipinski definition) is 1. The molecule has 100 valence electrons. The van der Waals surface area contributed by atoms with E-state index < -0.39 is 10.0 Å². The number of rotatable bonds is 3. The van der Waals surface area contributed by atoms with Crippen LogP contribution in [0.15, 0.2) is 29.2 Å². The highest BCUT2D eigenvalue weighted by atomic mass is 32.2. The number of hydrogen-bond acceptors (Lipinski definition) is 4. The van der Waals surface area contributed by atoms with Crippen LogP contribution in [0.25, 0.3) is 0 Å². The Morgan fingerprint density at radius 1 is 1.50 bits per heavy atom. The minimum absolute atomic E-state index is 0.0924. The minimum atomic E-state index is -3.47. The van der Waals surface area contributed by atoms with E-state index >= 15 is 0 Å². The first-order chi connectivity index (χ1) is 8.55. The Morgan fingerprint density at radius 2 is 2.28 bits per heavy atom. The van der Waals surface area contributed by atoms with Gasteiger partial charge in [-0.2, -0.15) is 4.31 Å². The fourth-order valence-electron chi connectivity index (χ4n) is 2.09. The van der Waals surface area contributed by atoms with Crippen LogP contribution >= 0.6 is 0 Å². The molecule has 6 heteroatoms. The molecule has 1 unspecified atom stereocenters. The Bertz CT molecular complexity index is 516. The first kappa shape index (κ1) is 13.3. The van der Waals surface area contributed by atoms with Crippen molar-refractivity contribution in [2.75, 3.05) is 25.5 Å². The molecule has 0 spiro atoms. The van der Waals surface area contributed by atoms with Crippen molar-refractivity contribution >= 4 is 15.7 Å². The van der Waals surface area contributed by atoms with Crippen LogP contribution in [0.3, 0.4) is 0 Å². The number of nitrogen functional groups attached to an aromatic ring is 1. The van der Waals surface area contributed by atoms with Gasteiger partial charge in [-0.15, -0.1) is 0 Å². The Hall–Kier alpha value is -1.11. The number of anilines is 1. The van der Waals surface area contributed by atoms with Crippen LogP contribution in [0.5, 0.6) is 0 Å². The number of sulfonamides is 1. The van der Waals surface area contributed by atoms with Crippen molar-refractivity contribution in [3.05, 3.63) is 24.3 Å². The molecular formula is C12H18N2O3S. The Kier molecular flexibility index (Phi) is 3.89. The summed E-state index contributed by atoms with van der Waals surface area (Å²) in [5.41, 5.74) is 6.10. The molecule has 5 nitrogen and oxygen atoms in total. The van der Waals surface area contributed by atoms with Crippen molar-refractivity contribution in [2.45, 2.75) is 24.3 Å². The van der Waals surface area contributed by atoms with E-state index in [0.29, 0.717) is 25.4 Å². The van der Waals surface area contributed by atoms with E-state index in [1.54, 1.807) is 18.2 Å². The van der Waals surface area contributed by atoms with E-state index in [1.807, 2.05) is 6.92 Å². The van der Waals surface area contributed by atoms with Crippen LogP contribution in [-0.2, 0) is 14.8 Å². The van der Waals surface area contributed by atoms with Gasteiger partial charge in [-0.3, -0.25) is 0 Å².